The fourth-order valence-corrected chi connectivity index (χ4v) is 3.16. The van der Waals surface area contributed by atoms with Gasteiger partial charge in [-0.2, -0.15) is 0 Å². The number of aliphatic imine (C=N–C) groups is 1. The molecule has 0 spiro atoms. The summed E-state index contributed by atoms with van der Waals surface area (Å²) >= 11 is 0. The van der Waals surface area contributed by atoms with Gasteiger partial charge in [-0.3, -0.25) is 4.79 Å². The Bertz CT molecular complexity index is 598. The van der Waals surface area contributed by atoms with E-state index < -0.39 is 0 Å². The Hall–Kier alpha value is -1.35. The zero-order chi connectivity index (χ0) is 19.6. The fourth-order valence-electron chi connectivity index (χ4n) is 3.16. The minimum atomic E-state index is 0. The van der Waals surface area contributed by atoms with Crippen LogP contribution in [0.25, 0.3) is 0 Å². The zero-order valence-corrected chi connectivity index (χ0v) is 20.0. The first-order valence-corrected chi connectivity index (χ1v) is 9.98. The Morgan fingerprint density at radius 3 is 2.43 bits per heavy atom. The van der Waals surface area contributed by atoms with Gasteiger partial charge in [-0.1, -0.05) is 30.3 Å². The molecule has 0 aromatic heterocycles. The van der Waals surface area contributed by atoms with Gasteiger partial charge in [-0.15, -0.1) is 24.0 Å². The van der Waals surface area contributed by atoms with E-state index in [9.17, 15) is 4.79 Å². The summed E-state index contributed by atoms with van der Waals surface area (Å²) in [6.07, 6.45) is 3.12. The highest BCUT2D eigenvalue weighted by atomic mass is 127. The lowest BCUT2D eigenvalue weighted by Gasteiger charge is -2.35. The predicted octanol–water partition coefficient (Wildman–Crippen LogP) is 2.34. The maximum atomic E-state index is 11.9. The van der Waals surface area contributed by atoms with Crippen molar-refractivity contribution in [1.82, 2.24) is 20.4 Å². The Morgan fingerprint density at radius 1 is 1.21 bits per heavy atom. The van der Waals surface area contributed by atoms with Crippen LogP contribution in [0.2, 0.25) is 0 Å². The van der Waals surface area contributed by atoms with E-state index in [0.29, 0.717) is 12.1 Å². The number of piperidine rings is 1. The van der Waals surface area contributed by atoms with Crippen molar-refractivity contribution < 1.29 is 4.79 Å². The number of hydrogen-bond acceptors (Lipinski definition) is 3. The van der Waals surface area contributed by atoms with Crippen molar-refractivity contribution >= 4 is 35.8 Å². The molecule has 1 fully saturated rings. The van der Waals surface area contributed by atoms with Crippen molar-refractivity contribution in [2.45, 2.75) is 45.2 Å². The number of hydrogen-bond donors (Lipinski definition) is 2. The first-order valence-electron chi connectivity index (χ1n) is 9.98. The van der Waals surface area contributed by atoms with Crippen molar-refractivity contribution in [3.05, 3.63) is 35.9 Å². The van der Waals surface area contributed by atoms with Crippen molar-refractivity contribution in [3.8, 4) is 0 Å². The van der Waals surface area contributed by atoms with Crippen LogP contribution < -0.4 is 10.6 Å². The smallest absolute Gasteiger partial charge is 0.243 e. The van der Waals surface area contributed by atoms with Gasteiger partial charge in [-0.05, 0) is 38.7 Å². The molecule has 1 amide bonds. The second kappa shape index (κ2) is 13.0. The topological polar surface area (TPSA) is 60.0 Å². The minimum Gasteiger partial charge on any atom is -0.356 e. The Balaban J connectivity index is 0.00000392. The van der Waals surface area contributed by atoms with Gasteiger partial charge in [0.15, 0.2) is 5.96 Å². The lowest BCUT2D eigenvalue weighted by atomic mass is 10.0. The molecular weight excluding hydrogens is 465 g/mol. The quantitative estimate of drug-likeness (QED) is 0.342. The summed E-state index contributed by atoms with van der Waals surface area (Å²) in [5, 5.41) is 6.94. The molecule has 1 saturated heterocycles. The van der Waals surface area contributed by atoms with Crippen molar-refractivity contribution in [2.75, 3.05) is 40.3 Å². The van der Waals surface area contributed by atoms with Crippen LogP contribution in [0, 0.1) is 0 Å². The molecule has 0 bridgehead atoms. The van der Waals surface area contributed by atoms with Crippen LogP contribution >= 0.6 is 24.0 Å². The van der Waals surface area contributed by atoms with E-state index in [0.717, 1.165) is 44.9 Å². The third-order valence-corrected chi connectivity index (χ3v) is 5.02. The summed E-state index contributed by atoms with van der Waals surface area (Å²) in [4.78, 5) is 20.5. The molecule has 0 unspecified atom stereocenters. The fraction of sp³-hybridized carbons (Fsp3) is 0.619. The summed E-state index contributed by atoms with van der Waals surface area (Å²) in [6, 6.07) is 11.4. The van der Waals surface area contributed by atoms with Crippen LogP contribution in [0.15, 0.2) is 35.3 Å². The van der Waals surface area contributed by atoms with E-state index in [1.54, 1.807) is 19.0 Å². The van der Waals surface area contributed by atoms with Crippen LogP contribution in [-0.2, 0) is 11.2 Å². The highest BCUT2D eigenvalue weighted by Crippen LogP contribution is 2.12. The maximum absolute atomic E-state index is 11.9. The van der Waals surface area contributed by atoms with E-state index in [1.165, 1.54) is 5.56 Å². The molecule has 0 saturated carbocycles. The molecule has 158 valence electrons. The molecule has 0 radical (unpaired) electrons. The SMILES string of the molecule is CC(C)N1CCC(NC(=NCC(=O)N(C)C)NCCc2ccccc2)CC1.I. The normalized spacial score (nSPS) is 15.8. The predicted molar refractivity (Wildman–Crippen MR) is 127 cm³/mol. The lowest BCUT2D eigenvalue weighted by Crippen LogP contribution is -2.50. The average Bonchev–Trinajstić information content (AvgIpc) is 2.66. The summed E-state index contributed by atoms with van der Waals surface area (Å²) in [7, 11) is 3.52. The summed E-state index contributed by atoms with van der Waals surface area (Å²) in [5.74, 6) is 0.748. The van der Waals surface area contributed by atoms with Gasteiger partial charge in [0.1, 0.15) is 6.54 Å². The maximum Gasteiger partial charge on any atom is 0.243 e. The first-order chi connectivity index (χ1) is 13.0. The second-order valence-corrected chi connectivity index (χ2v) is 7.66. The molecule has 2 N–H and O–H groups in total. The minimum absolute atomic E-state index is 0. The van der Waals surface area contributed by atoms with E-state index in [-0.39, 0.29) is 36.4 Å². The number of guanidine groups is 1. The molecule has 6 nitrogen and oxygen atoms in total. The van der Waals surface area contributed by atoms with Crippen LogP contribution in [0.3, 0.4) is 0 Å². The standard InChI is InChI=1S/C21H35N5O.HI/c1-17(2)26-14-11-19(12-15-26)24-21(23-16-20(27)25(3)4)22-13-10-18-8-6-5-7-9-18;/h5-9,17,19H,10-16H2,1-4H3,(H2,22,23,24);1H. The van der Waals surface area contributed by atoms with Crippen LogP contribution in [-0.4, -0.2) is 74.0 Å². The molecule has 7 heteroatoms. The number of nitrogens with zero attached hydrogens (tertiary/aromatic N) is 3. The Morgan fingerprint density at radius 2 is 1.86 bits per heavy atom. The van der Waals surface area contributed by atoms with E-state index in [2.05, 4.69) is 58.6 Å². The van der Waals surface area contributed by atoms with E-state index in [1.807, 2.05) is 6.07 Å². The first kappa shape index (κ1) is 24.7. The molecule has 1 aromatic carbocycles. The lowest BCUT2D eigenvalue weighted by molar-refractivity contribution is -0.127. The number of carbonyl (C=O) groups is 1. The Labute approximate surface area is 187 Å². The van der Waals surface area contributed by atoms with Gasteiger partial charge in [0.05, 0.1) is 0 Å². The third-order valence-electron chi connectivity index (χ3n) is 5.02. The third kappa shape index (κ3) is 8.77. The van der Waals surface area contributed by atoms with E-state index in [4.69, 9.17) is 0 Å². The molecule has 2 rings (SSSR count). The van der Waals surface area contributed by atoms with Gasteiger partial charge >= 0.3 is 0 Å². The molecule has 0 aliphatic carbocycles. The highest BCUT2D eigenvalue weighted by molar-refractivity contribution is 14.0. The van der Waals surface area contributed by atoms with Crippen LogP contribution in [0.1, 0.15) is 32.3 Å². The second-order valence-electron chi connectivity index (χ2n) is 7.66. The molecule has 28 heavy (non-hydrogen) atoms. The molecule has 1 aliphatic heterocycles. The molecular formula is C21H36IN5O. The van der Waals surface area contributed by atoms with Gasteiger partial charge < -0.3 is 20.4 Å². The van der Waals surface area contributed by atoms with Crippen molar-refractivity contribution in [3.63, 3.8) is 0 Å². The molecule has 1 aliphatic rings. The van der Waals surface area contributed by atoms with Gasteiger partial charge in [0.25, 0.3) is 0 Å². The number of carbonyl (C=O) groups excluding carboxylic acids is 1. The van der Waals surface area contributed by atoms with Gasteiger partial charge in [0.2, 0.25) is 5.91 Å². The van der Waals surface area contributed by atoms with E-state index >= 15 is 0 Å². The zero-order valence-electron chi connectivity index (χ0n) is 17.6. The number of amides is 1. The number of halogens is 1. The number of likely N-dealkylation sites (tertiary alicyclic amines) is 1. The summed E-state index contributed by atoms with van der Waals surface area (Å²) in [5.41, 5.74) is 1.29. The largest absolute Gasteiger partial charge is 0.356 e. The van der Waals surface area contributed by atoms with Crippen molar-refractivity contribution in [1.29, 1.82) is 0 Å². The summed E-state index contributed by atoms with van der Waals surface area (Å²) in [6.45, 7) is 7.65. The van der Waals surface area contributed by atoms with Gasteiger partial charge in [0, 0.05) is 45.8 Å². The van der Waals surface area contributed by atoms with Crippen LogP contribution in [0.5, 0.6) is 0 Å². The average molecular weight is 501 g/mol. The molecule has 1 heterocycles. The number of likely N-dealkylation sites (N-methyl/N-ethyl adjacent to an activating group) is 1. The number of rotatable bonds is 7. The molecule has 1 aromatic rings. The number of benzene rings is 1. The Kier molecular flexibility index (Phi) is 11.4. The highest BCUT2D eigenvalue weighted by Gasteiger charge is 2.21. The van der Waals surface area contributed by atoms with Gasteiger partial charge in [-0.25, -0.2) is 4.99 Å². The monoisotopic (exact) mass is 501 g/mol. The van der Waals surface area contributed by atoms with Crippen molar-refractivity contribution in [2.24, 2.45) is 4.99 Å². The number of nitrogens with one attached hydrogen (secondary N) is 2. The molecule has 0 atom stereocenters. The summed E-state index contributed by atoms with van der Waals surface area (Å²) < 4.78 is 0. The van der Waals surface area contributed by atoms with Crippen LogP contribution in [0.4, 0.5) is 0 Å².